The van der Waals surface area contributed by atoms with Crippen molar-refractivity contribution in [2.45, 2.75) is 37.3 Å². The number of aliphatic hydroxyl groups is 4. The van der Waals surface area contributed by atoms with Gasteiger partial charge in [-0.05, 0) is 12.1 Å². The largest absolute Gasteiger partial charge is 0.455 e. The average Bonchev–Trinajstić information content (AvgIpc) is 3.13. The van der Waals surface area contributed by atoms with Gasteiger partial charge in [-0.3, -0.25) is 0 Å². The van der Waals surface area contributed by atoms with Gasteiger partial charge in [-0.25, -0.2) is 9.48 Å². The van der Waals surface area contributed by atoms with Crippen molar-refractivity contribution in [1.82, 2.24) is 15.0 Å². The number of nitrogens with two attached hydrogens (primary N) is 1. The highest BCUT2D eigenvalue weighted by Gasteiger charge is 2.44. The highest BCUT2D eigenvalue weighted by Crippen LogP contribution is 2.27. The van der Waals surface area contributed by atoms with E-state index in [1.807, 2.05) is 0 Å². The Kier molecular flexibility index (Phi) is 5.68. The molecule has 3 rings (SSSR count). The van der Waals surface area contributed by atoms with Gasteiger partial charge in [0.1, 0.15) is 36.7 Å². The van der Waals surface area contributed by atoms with E-state index < -0.39 is 43.2 Å². The molecule has 0 bridgehead atoms. The molecule has 0 saturated carbocycles. The van der Waals surface area contributed by atoms with E-state index in [1.54, 1.807) is 18.2 Å². The Morgan fingerprint density at radius 1 is 1.22 bits per heavy atom. The molecule has 1 fully saturated rings. The lowest BCUT2D eigenvalue weighted by Crippen LogP contribution is -2.56. The first-order valence-electron chi connectivity index (χ1n) is 8.15. The summed E-state index contributed by atoms with van der Waals surface area (Å²) in [5.41, 5.74) is 6.48. The summed E-state index contributed by atoms with van der Waals surface area (Å²) in [4.78, 5) is 12.0. The minimum atomic E-state index is -1.53. The Morgan fingerprint density at radius 2 is 1.96 bits per heavy atom. The number of nitrogen functional groups attached to an aromatic ring is 1. The summed E-state index contributed by atoms with van der Waals surface area (Å²) < 4.78 is 11.6. The third-order valence-electron chi connectivity index (χ3n) is 4.22. The van der Waals surface area contributed by atoms with Gasteiger partial charge < -0.3 is 35.6 Å². The zero-order valence-corrected chi connectivity index (χ0v) is 14.1. The molecular formula is C16H20N4O7. The van der Waals surface area contributed by atoms with Crippen LogP contribution in [0.5, 0.6) is 0 Å². The van der Waals surface area contributed by atoms with Crippen molar-refractivity contribution in [2.24, 2.45) is 0 Å². The quantitative estimate of drug-likeness (QED) is 0.294. The maximum atomic E-state index is 12.0. The summed E-state index contributed by atoms with van der Waals surface area (Å²) in [7, 11) is 0. The molecule has 6 N–H and O–H groups in total. The molecule has 0 amide bonds. The van der Waals surface area contributed by atoms with Crippen molar-refractivity contribution < 1.29 is 34.7 Å². The number of aromatic nitrogens is 3. The highest BCUT2D eigenvalue weighted by molar-refractivity contribution is 5.94. The van der Waals surface area contributed by atoms with Gasteiger partial charge in [0.05, 0.1) is 18.4 Å². The van der Waals surface area contributed by atoms with E-state index in [0.717, 1.165) is 4.68 Å². The second kappa shape index (κ2) is 7.98. The predicted octanol–water partition coefficient (Wildman–Crippen LogP) is -1.81. The first-order valence-corrected chi connectivity index (χ1v) is 8.15. The zero-order valence-electron chi connectivity index (χ0n) is 14.1. The number of esters is 1. The van der Waals surface area contributed by atoms with E-state index in [0.29, 0.717) is 0 Å². The molecule has 2 heterocycles. The molecule has 1 aromatic heterocycles. The van der Waals surface area contributed by atoms with E-state index in [-0.39, 0.29) is 23.6 Å². The van der Waals surface area contributed by atoms with Crippen LogP contribution in [0.4, 0.5) is 5.69 Å². The molecular weight excluding hydrogens is 360 g/mol. The second-order valence-corrected chi connectivity index (χ2v) is 6.07. The molecule has 146 valence electrons. The van der Waals surface area contributed by atoms with Gasteiger partial charge in [-0.2, -0.15) is 0 Å². The lowest BCUT2D eigenvalue weighted by Gasteiger charge is -2.39. The minimum Gasteiger partial charge on any atom is -0.455 e. The molecule has 0 radical (unpaired) electrons. The summed E-state index contributed by atoms with van der Waals surface area (Å²) in [6.07, 6.45) is -5.39. The summed E-state index contributed by atoms with van der Waals surface area (Å²) in [6, 6.07) is 6.45. The topological polar surface area (TPSA) is 173 Å². The van der Waals surface area contributed by atoms with E-state index in [2.05, 4.69) is 10.3 Å². The van der Waals surface area contributed by atoms with Crippen LogP contribution in [-0.2, 0) is 16.1 Å². The number of carbonyl (C=O) groups excluding carboxylic acids is 1. The maximum Gasteiger partial charge on any atom is 0.340 e. The number of hydrogen-bond acceptors (Lipinski definition) is 10. The molecule has 0 unspecified atom stereocenters. The van der Waals surface area contributed by atoms with E-state index >= 15 is 0 Å². The van der Waals surface area contributed by atoms with E-state index in [1.165, 1.54) is 12.3 Å². The number of benzene rings is 1. The summed E-state index contributed by atoms with van der Waals surface area (Å²) in [6.45, 7) is -0.760. The molecule has 0 aliphatic carbocycles. The molecule has 2 aromatic rings. The number of ether oxygens (including phenoxy) is 2. The van der Waals surface area contributed by atoms with Crippen LogP contribution in [0.1, 0.15) is 22.3 Å². The molecule has 1 aromatic carbocycles. The first kappa shape index (κ1) is 19.2. The second-order valence-electron chi connectivity index (χ2n) is 6.07. The standard InChI is InChI=1S/C16H20N4O7/c17-10-4-2-1-3-9(10)16(25)26-7-8-5-20(19-18-8)15-14(24)13(23)12(22)11(6-21)27-15/h1-5,11-15,21-24H,6-7,17H2/t11-,12-,13+,14+,15+/m1/s1. The van der Waals surface area contributed by atoms with Crippen LogP contribution in [0, 0.1) is 0 Å². The van der Waals surface area contributed by atoms with Crippen molar-refractivity contribution >= 4 is 11.7 Å². The number of aliphatic hydroxyl groups excluding tert-OH is 4. The molecule has 1 aliphatic heterocycles. The molecule has 11 nitrogen and oxygen atoms in total. The molecule has 5 atom stereocenters. The fourth-order valence-corrected chi connectivity index (χ4v) is 2.70. The summed E-state index contributed by atoms with van der Waals surface area (Å²) >= 11 is 0. The van der Waals surface area contributed by atoms with Crippen LogP contribution >= 0.6 is 0 Å². The Balaban J connectivity index is 1.66. The number of anilines is 1. The fraction of sp³-hybridized carbons (Fsp3) is 0.438. The van der Waals surface area contributed by atoms with Gasteiger partial charge in [0, 0.05) is 5.69 Å². The van der Waals surface area contributed by atoms with Crippen molar-refractivity contribution in [3.63, 3.8) is 0 Å². The molecule has 0 spiro atoms. The van der Waals surface area contributed by atoms with Crippen LogP contribution in [0.3, 0.4) is 0 Å². The van der Waals surface area contributed by atoms with Crippen LogP contribution < -0.4 is 5.73 Å². The van der Waals surface area contributed by atoms with Crippen molar-refractivity contribution in [1.29, 1.82) is 0 Å². The monoisotopic (exact) mass is 380 g/mol. The molecule has 1 saturated heterocycles. The highest BCUT2D eigenvalue weighted by atomic mass is 16.6. The van der Waals surface area contributed by atoms with Crippen LogP contribution in [0.2, 0.25) is 0 Å². The Labute approximate surface area is 153 Å². The number of carbonyl (C=O) groups is 1. The van der Waals surface area contributed by atoms with E-state index in [4.69, 9.17) is 15.2 Å². The summed E-state index contributed by atoms with van der Waals surface area (Å²) in [5, 5.41) is 46.5. The van der Waals surface area contributed by atoms with Crippen LogP contribution in [0.15, 0.2) is 30.5 Å². The lowest BCUT2D eigenvalue weighted by molar-refractivity contribution is -0.254. The number of para-hydroxylation sites is 1. The average molecular weight is 380 g/mol. The van der Waals surface area contributed by atoms with Crippen molar-refractivity contribution in [2.75, 3.05) is 12.3 Å². The fourth-order valence-electron chi connectivity index (χ4n) is 2.70. The van der Waals surface area contributed by atoms with Gasteiger partial charge in [-0.15, -0.1) is 5.10 Å². The van der Waals surface area contributed by atoms with Gasteiger partial charge in [0.2, 0.25) is 0 Å². The Morgan fingerprint density at radius 3 is 2.67 bits per heavy atom. The molecule has 11 heteroatoms. The zero-order chi connectivity index (χ0) is 19.6. The van der Waals surface area contributed by atoms with Crippen LogP contribution in [-0.4, -0.2) is 72.4 Å². The number of nitrogens with zero attached hydrogens (tertiary/aromatic N) is 3. The predicted molar refractivity (Wildman–Crippen MR) is 89.0 cm³/mol. The van der Waals surface area contributed by atoms with E-state index in [9.17, 15) is 25.2 Å². The number of rotatable bonds is 5. The SMILES string of the molecule is Nc1ccccc1C(=O)OCc1cn([C@H]2O[C@H](CO)[C@@H](O)[C@H](O)[C@@H]2O)nn1. The van der Waals surface area contributed by atoms with Gasteiger partial charge in [-0.1, -0.05) is 17.3 Å². The van der Waals surface area contributed by atoms with Gasteiger partial charge >= 0.3 is 5.97 Å². The Bertz CT molecular complexity index is 797. The third kappa shape index (κ3) is 3.91. The third-order valence-corrected chi connectivity index (χ3v) is 4.22. The Hall–Kier alpha value is -2.57. The summed E-state index contributed by atoms with van der Waals surface area (Å²) in [5.74, 6) is -0.629. The normalized spacial score (nSPS) is 28.1. The first-order chi connectivity index (χ1) is 12.9. The smallest absolute Gasteiger partial charge is 0.340 e. The van der Waals surface area contributed by atoms with Crippen molar-refractivity contribution in [3.05, 3.63) is 41.7 Å². The number of hydrogen-bond donors (Lipinski definition) is 5. The lowest BCUT2D eigenvalue weighted by atomic mass is 9.98. The molecule has 27 heavy (non-hydrogen) atoms. The maximum absolute atomic E-state index is 12.0. The molecule has 1 aliphatic rings. The minimum absolute atomic E-state index is 0.204. The van der Waals surface area contributed by atoms with Gasteiger partial charge in [0.15, 0.2) is 6.23 Å². The van der Waals surface area contributed by atoms with Crippen molar-refractivity contribution in [3.8, 4) is 0 Å². The van der Waals surface area contributed by atoms with Gasteiger partial charge in [0.25, 0.3) is 0 Å². The van der Waals surface area contributed by atoms with Crippen LogP contribution in [0.25, 0.3) is 0 Å².